The van der Waals surface area contributed by atoms with Gasteiger partial charge in [0.15, 0.2) is 0 Å². The summed E-state index contributed by atoms with van der Waals surface area (Å²) in [5.41, 5.74) is 2.79. The fourth-order valence-corrected chi connectivity index (χ4v) is 4.85. The summed E-state index contributed by atoms with van der Waals surface area (Å²) in [7, 11) is 0. The Morgan fingerprint density at radius 1 is 1.06 bits per heavy atom. The maximum Gasteiger partial charge on any atom is 0.231 e. The van der Waals surface area contributed by atoms with Crippen LogP contribution in [0.2, 0.25) is 0 Å². The molecule has 0 unspecified atom stereocenters. The molecule has 4 aromatic rings. The molecule has 2 aromatic carbocycles. The number of anilines is 1. The minimum Gasteiger partial charge on any atom is -0.326 e. The van der Waals surface area contributed by atoms with Crippen molar-refractivity contribution in [2.45, 2.75) is 36.1 Å². The summed E-state index contributed by atoms with van der Waals surface area (Å²) in [4.78, 5) is 21.7. The molecule has 1 aliphatic carbocycles. The van der Waals surface area contributed by atoms with Gasteiger partial charge < -0.3 is 5.32 Å². The van der Waals surface area contributed by atoms with Crippen molar-refractivity contribution >= 4 is 34.7 Å². The largest absolute Gasteiger partial charge is 0.326 e. The maximum atomic E-state index is 12.2. The first-order valence-corrected chi connectivity index (χ1v) is 12.0. The first kappa shape index (κ1) is 20.0. The van der Waals surface area contributed by atoms with Crippen LogP contribution in [0.4, 0.5) is 5.69 Å². The van der Waals surface area contributed by atoms with Gasteiger partial charge in [-0.25, -0.2) is 14.6 Å². The highest BCUT2D eigenvalue weighted by molar-refractivity contribution is 7.98. The van der Waals surface area contributed by atoms with Crippen molar-refractivity contribution in [1.29, 1.82) is 0 Å². The number of hydrogen-bond acceptors (Lipinski definition) is 6. The highest BCUT2D eigenvalue weighted by Gasteiger charge is 2.30. The summed E-state index contributed by atoms with van der Waals surface area (Å²) in [6.07, 6.45) is 2.63. The van der Waals surface area contributed by atoms with Crippen LogP contribution in [0.5, 0.6) is 0 Å². The average Bonchev–Trinajstić information content (AvgIpc) is 3.40. The van der Waals surface area contributed by atoms with Crippen LogP contribution in [-0.2, 0) is 17.0 Å². The average molecular weight is 448 g/mol. The van der Waals surface area contributed by atoms with Crippen LogP contribution in [0.15, 0.2) is 71.2 Å². The van der Waals surface area contributed by atoms with Gasteiger partial charge in [0.1, 0.15) is 10.8 Å². The molecular formula is C23H21N5OS2. The van der Waals surface area contributed by atoms with E-state index in [4.69, 9.17) is 10.1 Å². The van der Waals surface area contributed by atoms with E-state index in [1.165, 1.54) is 24.2 Å². The number of thioether (sulfide) groups is 1. The molecule has 0 spiro atoms. The number of amides is 1. The van der Waals surface area contributed by atoms with E-state index in [9.17, 15) is 4.79 Å². The van der Waals surface area contributed by atoms with Gasteiger partial charge in [0.05, 0.1) is 17.8 Å². The summed E-state index contributed by atoms with van der Waals surface area (Å²) >= 11 is 3.10. The zero-order chi connectivity index (χ0) is 21.0. The Kier molecular flexibility index (Phi) is 5.82. The van der Waals surface area contributed by atoms with Crippen LogP contribution in [0.3, 0.4) is 0 Å². The lowest BCUT2D eigenvalue weighted by Crippen LogP contribution is -2.14. The van der Waals surface area contributed by atoms with E-state index in [0.29, 0.717) is 11.7 Å². The number of para-hydroxylation sites is 2. The Morgan fingerprint density at radius 3 is 2.55 bits per heavy atom. The van der Waals surface area contributed by atoms with Crippen molar-refractivity contribution < 1.29 is 4.79 Å². The van der Waals surface area contributed by atoms with Gasteiger partial charge in [0, 0.05) is 22.7 Å². The van der Waals surface area contributed by atoms with Gasteiger partial charge >= 0.3 is 0 Å². The lowest BCUT2D eigenvalue weighted by atomic mass is 10.3. The number of nitrogens with one attached hydrogen (secondary N) is 1. The summed E-state index contributed by atoms with van der Waals surface area (Å²) in [5, 5.41) is 11.2. The van der Waals surface area contributed by atoms with Gasteiger partial charge in [0.2, 0.25) is 11.1 Å². The smallest absolute Gasteiger partial charge is 0.231 e. The Bertz CT molecular complexity index is 1170. The molecule has 2 aromatic heterocycles. The predicted octanol–water partition coefficient (Wildman–Crippen LogP) is 5.07. The molecule has 1 N–H and O–H groups in total. The molecule has 31 heavy (non-hydrogen) atoms. The van der Waals surface area contributed by atoms with Gasteiger partial charge in [-0.3, -0.25) is 4.79 Å². The van der Waals surface area contributed by atoms with E-state index in [0.717, 1.165) is 33.1 Å². The molecule has 8 heteroatoms. The highest BCUT2D eigenvalue weighted by Crippen LogP contribution is 2.40. The lowest BCUT2D eigenvalue weighted by Gasteiger charge is -2.03. The SMILES string of the molecule is O=C(Cc1nc(CSc2nc(C3CC3)n(-c3ccccc3)n2)cs1)Nc1ccccc1. The van der Waals surface area contributed by atoms with Gasteiger partial charge in [-0.15, -0.1) is 16.4 Å². The summed E-state index contributed by atoms with van der Waals surface area (Å²) in [6.45, 7) is 0. The molecular weight excluding hydrogens is 426 g/mol. The summed E-state index contributed by atoms with van der Waals surface area (Å²) in [5.74, 6) is 2.18. The van der Waals surface area contributed by atoms with Gasteiger partial charge in [-0.05, 0) is 37.1 Å². The van der Waals surface area contributed by atoms with Crippen LogP contribution in [0.25, 0.3) is 5.69 Å². The minimum absolute atomic E-state index is 0.0582. The number of thiazole rings is 1. The van der Waals surface area contributed by atoms with Gasteiger partial charge in [-0.1, -0.05) is 48.2 Å². The normalized spacial score (nSPS) is 13.3. The van der Waals surface area contributed by atoms with Crippen molar-refractivity contribution in [3.8, 4) is 5.69 Å². The molecule has 0 saturated heterocycles. The fourth-order valence-electron chi connectivity index (χ4n) is 3.23. The van der Waals surface area contributed by atoms with E-state index < -0.39 is 0 Å². The van der Waals surface area contributed by atoms with Crippen LogP contribution < -0.4 is 5.32 Å². The van der Waals surface area contributed by atoms with E-state index in [-0.39, 0.29) is 12.3 Å². The Morgan fingerprint density at radius 2 is 1.81 bits per heavy atom. The number of nitrogens with zero attached hydrogens (tertiary/aromatic N) is 4. The zero-order valence-electron chi connectivity index (χ0n) is 16.8. The van der Waals surface area contributed by atoms with Crippen LogP contribution in [0.1, 0.15) is 35.3 Å². The molecule has 156 valence electrons. The molecule has 5 rings (SSSR count). The molecule has 2 heterocycles. The third-order valence-corrected chi connectivity index (χ3v) is 6.64. The van der Waals surface area contributed by atoms with Crippen LogP contribution >= 0.6 is 23.1 Å². The number of aromatic nitrogens is 4. The molecule has 1 saturated carbocycles. The second-order valence-corrected chi connectivity index (χ2v) is 9.27. The molecule has 0 atom stereocenters. The third-order valence-electron chi connectivity index (χ3n) is 4.87. The Hall–Kier alpha value is -2.97. The standard InChI is InChI=1S/C23H21N5OS2/c29-20(24-17-7-3-1-4-8-17)13-21-25-18(14-30-21)15-31-23-26-22(16-11-12-16)28(27-23)19-9-5-2-6-10-19/h1-10,14,16H,11-13,15H2,(H,24,29). The summed E-state index contributed by atoms with van der Waals surface area (Å²) in [6, 6.07) is 19.6. The number of carbonyl (C=O) groups is 1. The molecule has 6 nitrogen and oxygen atoms in total. The number of rotatable bonds is 8. The quantitative estimate of drug-likeness (QED) is 0.382. The number of hydrogen-bond donors (Lipinski definition) is 1. The van der Waals surface area contributed by atoms with E-state index >= 15 is 0 Å². The second-order valence-electron chi connectivity index (χ2n) is 7.39. The van der Waals surface area contributed by atoms with Crippen molar-refractivity contribution in [3.05, 3.63) is 82.6 Å². The van der Waals surface area contributed by atoms with Gasteiger partial charge in [0.25, 0.3) is 0 Å². The van der Waals surface area contributed by atoms with Crippen molar-refractivity contribution in [3.63, 3.8) is 0 Å². The predicted molar refractivity (Wildman–Crippen MR) is 124 cm³/mol. The van der Waals surface area contributed by atoms with Gasteiger partial charge in [-0.2, -0.15) is 0 Å². The fraction of sp³-hybridized carbons (Fsp3) is 0.217. The maximum absolute atomic E-state index is 12.2. The molecule has 1 amide bonds. The topological polar surface area (TPSA) is 72.7 Å². The van der Waals surface area contributed by atoms with E-state index in [2.05, 4.69) is 22.4 Å². The molecule has 0 radical (unpaired) electrons. The van der Waals surface area contributed by atoms with E-state index in [1.807, 2.05) is 58.6 Å². The summed E-state index contributed by atoms with van der Waals surface area (Å²) < 4.78 is 1.97. The second kappa shape index (κ2) is 9.03. The highest BCUT2D eigenvalue weighted by atomic mass is 32.2. The van der Waals surface area contributed by atoms with Crippen molar-refractivity contribution in [1.82, 2.24) is 19.7 Å². The van der Waals surface area contributed by atoms with E-state index in [1.54, 1.807) is 11.8 Å². The van der Waals surface area contributed by atoms with Crippen molar-refractivity contribution in [2.24, 2.45) is 0 Å². The van der Waals surface area contributed by atoms with Crippen LogP contribution in [-0.4, -0.2) is 25.7 Å². The molecule has 1 aliphatic rings. The number of carbonyl (C=O) groups excluding carboxylic acids is 1. The third kappa shape index (κ3) is 5.03. The monoisotopic (exact) mass is 447 g/mol. The first-order chi connectivity index (χ1) is 15.2. The Balaban J connectivity index is 1.21. The zero-order valence-corrected chi connectivity index (χ0v) is 18.4. The Labute approximate surface area is 188 Å². The number of benzene rings is 2. The molecule has 0 aliphatic heterocycles. The van der Waals surface area contributed by atoms with Crippen molar-refractivity contribution in [2.75, 3.05) is 5.32 Å². The lowest BCUT2D eigenvalue weighted by molar-refractivity contribution is -0.115. The molecule has 1 fully saturated rings. The molecule has 0 bridgehead atoms. The van der Waals surface area contributed by atoms with Crippen LogP contribution in [0, 0.1) is 0 Å². The minimum atomic E-state index is -0.0582. The first-order valence-electron chi connectivity index (χ1n) is 10.2.